The van der Waals surface area contributed by atoms with Gasteiger partial charge < -0.3 is 19.9 Å². The van der Waals surface area contributed by atoms with E-state index in [1.807, 2.05) is 24.5 Å². The summed E-state index contributed by atoms with van der Waals surface area (Å²) >= 11 is 0. The molecule has 2 aromatic heterocycles. The first-order valence-corrected chi connectivity index (χ1v) is 13.5. The van der Waals surface area contributed by atoms with Crippen LogP contribution in [0.5, 0.6) is 0 Å². The smallest absolute Gasteiger partial charge is 0.138 e. The summed E-state index contributed by atoms with van der Waals surface area (Å²) in [5, 5.41) is 3.47. The van der Waals surface area contributed by atoms with E-state index in [2.05, 4.69) is 81.6 Å². The first-order valence-electron chi connectivity index (χ1n) is 13.5. The number of benzene rings is 1. The molecule has 5 rings (SSSR count). The number of anilines is 1. The third kappa shape index (κ3) is 6.44. The van der Waals surface area contributed by atoms with Crippen molar-refractivity contribution in [1.82, 2.24) is 20.2 Å². The number of nitrogens with one attached hydrogen (secondary N) is 1. The number of amidine groups is 1. The van der Waals surface area contributed by atoms with Crippen molar-refractivity contribution in [3.63, 3.8) is 0 Å². The highest BCUT2D eigenvalue weighted by molar-refractivity contribution is 5.86. The number of morpholine rings is 1. The summed E-state index contributed by atoms with van der Waals surface area (Å²) in [5.74, 6) is 1.94. The summed E-state index contributed by atoms with van der Waals surface area (Å²) in [6.07, 6.45) is 9.14. The van der Waals surface area contributed by atoms with Crippen molar-refractivity contribution in [1.29, 1.82) is 0 Å². The van der Waals surface area contributed by atoms with Gasteiger partial charge in [-0.25, -0.2) is 4.99 Å². The predicted octanol–water partition coefficient (Wildman–Crippen LogP) is 5.17. The Hall–Kier alpha value is -4.23. The fraction of sp³-hybridized carbons (Fsp3) is 0.281. The molecule has 0 radical (unpaired) electrons. The first-order chi connectivity index (χ1) is 19.1. The van der Waals surface area contributed by atoms with Crippen molar-refractivity contribution >= 4 is 22.8 Å². The molecule has 0 amide bonds. The summed E-state index contributed by atoms with van der Waals surface area (Å²) in [5.41, 5.74) is 7.39. The van der Waals surface area contributed by atoms with Crippen LogP contribution in [0.2, 0.25) is 0 Å². The van der Waals surface area contributed by atoms with Gasteiger partial charge in [0, 0.05) is 56.0 Å². The zero-order valence-corrected chi connectivity index (χ0v) is 22.6. The molecule has 200 valence electrons. The van der Waals surface area contributed by atoms with Crippen LogP contribution in [0.1, 0.15) is 30.0 Å². The number of pyridine rings is 2. The van der Waals surface area contributed by atoms with Gasteiger partial charge in [0.1, 0.15) is 11.7 Å². The molecule has 0 aliphatic carbocycles. The lowest BCUT2D eigenvalue weighted by Gasteiger charge is -2.29. The highest BCUT2D eigenvalue weighted by Crippen LogP contribution is 2.37. The summed E-state index contributed by atoms with van der Waals surface area (Å²) in [4.78, 5) is 18.3. The van der Waals surface area contributed by atoms with E-state index >= 15 is 0 Å². The lowest BCUT2D eigenvalue weighted by atomic mass is 9.96. The zero-order valence-electron chi connectivity index (χ0n) is 22.6. The highest BCUT2D eigenvalue weighted by Gasteiger charge is 2.27. The molecule has 1 N–H and O–H groups in total. The molecule has 7 nitrogen and oxygen atoms in total. The number of aromatic nitrogens is 2. The lowest BCUT2D eigenvalue weighted by molar-refractivity contribution is 0.0678. The highest BCUT2D eigenvalue weighted by atomic mass is 16.5. The number of ether oxygens (including phenoxy) is 1. The van der Waals surface area contributed by atoms with Crippen molar-refractivity contribution in [2.24, 2.45) is 4.99 Å². The molecule has 0 spiro atoms. The molecule has 1 fully saturated rings. The van der Waals surface area contributed by atoms with Crippen LogP contribution in [0.15, 0.2) is 103 Å². The second kappa shape index (κ2) is 12.5. The van der Waals surface area contributed by atoms with Gasteiger partial charge in [0.15, 0.2) is 0 Å². The Labute approximate surface area is 231 Å². The monoisotopic (exact) mass is 520 g/mol. The van der Waals surface area contributed by atoms with E-state index in [9.17, 15) is 0 Å². The molecule has 4 heterocycles. The predicted molar refractivity (Wildman–Crippen MR) is 159 cm³/mol. The third-order valence-electron chi connectivity index (χ3n) is 7.20. The minimum Gasteiger partial charge on any atom is -0.385 e. The van der Waals surface area contributed by atoms with Gasteiger partial charge in [0.2, 0.25) is 0 Å². The molecule has 1 aromatic carbocycles. The van der Waals surface area contributed by atoms with Crippen molar-refractivity contribution in [3.8, 4) is 0 Å². The van der Waals surface area contributed by atoms with Gasteiger partial charge in [0.05, 0.1) is 25.1 Å². The molecular formula is C32H36N6O. The molecular weight excluding hydrogens is 484 g/mol. The van der Waals surface area contributed by atoms with Gasteiger partial charge in [-0.2, -0.15) is 0 Å². The quantitative estimate of drug-likeness (QED) is 0.310. The van der Waals surface area contributed by atoms with Gasteiger partial charge >= 0.3 is 0 Å². The summed E-state index contributed by atoms with van der Waals surface area (Å²) in [6, 6.07) is 16.5. The fourth-order valence-corrected chi connectivity index (χ4v) is 4.97. The van der Waals surface area contributed by atoms with Gasteiger partial charge in [-0.15, -0.1) is 0 Å². The second-order valence-electron chi connectivity index (χ2n) is 9.75. The van der Waals surface area contributed by atoms with Crippen LogP contribution < -0.4 is 10.2 Å². The molecule has 2 aliphatic rings. The van der Waals surface area contributed by atoms with E-state index in [4.69, 9.17) is 9.73 Å². The fourth-order valence-electron chi connectivity index (χ4n) is 4.97. The largest absolute Gasteiger partial charge is 0.385 e. The van der Waals surface area contributed by atoms with Crippen LogP contribution >= 0.6 is 0 Å². The van der Waals surface area contributed by atoms with E-state index in [0.29, 0.717) is 0 Å². The van der Waals surface area contributed by atoms with E-state index in [-0.39, 0.29) is 0 Å². The normalized spacial score (nSPS) is 16.0. The molecule has 7 heteroatoms. The SMILES string of the molecule is C=C(NCCc1cccnc1)c1cccc(C(=C)C2=C(N=C(C)N3CCOCC3)N(c3cccnc3)CC2)c1. The van der Waals surface area contributed by atoms with Crippen molar-refractivity contribution < 1.29 is 4.74 Å². The van der Waals surface area contributed by atoms with Crippen molar-refractivity contribution in [3.05, 3.63) is 115 Å². The molecule has 0 saturated carbocycles. The van der Waals surface area contributed by atoms with E-state index in [1.54, 1.807) is 12.4 Å². The van der Waals surface area contributed by atoms with Crippen LogP contribution in [0.25, 0.3) is 11.3 Å². The Morgan fingerprint density at radius 2 is 1.74 bits per heavy atom. The van der Waals surface area contributed by atoms with Crippen LogP contribution in [0, 0.1) is 0 Å². The number of hydrogen-bond donors (Lipinski definition) is 1. The second-order valence-corrected chi connectivity index (χ2v) is 9.75. The molecule has 39 heavy (non-hydrogen) atoms. The third-order valence-corrected chi connectivity index (χ3v) is 7.20. The van der Waals surface area contributed by atoms with Crippen molar-refractivity contribution in [2.75, 3.05) is 44.3 Å². The maximum atomic E-state index is 5.55. The standard InChI is InChI=1S/C32H36N6O/c1-24(28-8-4-9-29(21-28)25(2)35-15-11-27-7-5-13-33-22-27)31-12-16-38(30-10-6-14-34-23-30)32(31)36-26(3)37-17-19-39-20-18-37/h4-10,13-14,21-23,35H,1-2,11-12,15-20H2,3H3. The zero-order chi connectivity index (χ0) is 27.0. The number of aliphatic imine (C=N–C) groups is 1. The first kappa shape index (κ1) is 26.4. The maximum absolute atomic E-state index is 5.55. The van der Waals surface area contributed by atoms with Crippen LogP contribution in [0.4, 0.5) is 5.69 Å². The average Bonchev–Trinajstić information content (AvgIpc) is 3.41. The minimum atomic E-state index is 0.727. The van der Waals surface area contributed by atoms with E-state index < -0.39 is 0 Å². The van der Waals surface area contributed by atoms with Gasteiger partial charge in [0.25, 0.3) is 0 Å². The number of hydrogen-bond acceptors (Lipinski definition) is 6. The number of allylic oxidation sites excluding steroid dienone is 1. The Morgan fingerprint density at radius 1 is 0.974 bits per heavy atom. The number of nitrogens with zero attached hydrogens (tertiary/aromatic N) is 5. The Bertz CT molecular complexity index is 1360. The van der Waals surface area contributed by atoms with Crippen LogP contribution in [-0.2, 0) is 11.2 Å². The molecule has 2 aliphatic heterocycles. The molecule has 0 bridgehead atoms. The average molecular weight is 521 g/mol. The minimum absolute atomic E-state index is 0.727. The topological polar surface area (TPSA) is 65.9 Å². The summed E-state index contributed by atoms with van der Waals surface area (Å²) in [6.45, 7) is 15.7. The van der Waals surface area contributed by atoms with Gasteiger partial charge in [-0.1, -0.05) is 37.4 Å². The maximum Gasteiger partial charge on any atom is 0.138 e. The van der Waals surface area contributed by atoms with Crippen LogP contribution in [-0.4, -0.2) is 60.1 Å². The number of rotatable bonds is 9. The summed E-state index contributed by atoms with van der Waals surface area (Å²) < 4.78 is 5.55. The van der Waals surface area contributed by atoms with Crippen LogP contribution in [0.3, 0.4) is 0 Å². The van der Waals surface area contributed by atoms with Crippen molar-refractivity contribution in [2.45, 2.75) is 19.8 Å². The van der Waals surface area contributed by atoms with Gasteiger partial charge in [-0.05, 0) is 66.3 Å². The lowest BCUT2D eigenvalue weighted by Crippen LogP contribution is -2.39. The molecule has 0 unspecified atom stereocenters. The summed E-state index contributed by atoms with van der Waals surface area (Å²) in [7, 11) is 0. The van der Waals surface area contributed by atoms with Gasteiger partial charge in [-0.3, -0.25) is 9.97 Å². The Kier molecular flexibility index (Phi) is 8.48. The Balaban J connectivity index is 1.38. The Morgan fingerprint density at radius 3 is 2.49 bits per heavy atom. The molecule has 1 saturated heterocycles. The molecule has 0 atom stereocenters. The van der Waals surface area contributed by atoms with E-state index in [0.717, 1.165) is 97.5 Å². The van der Waals surface area contributed by atoms with E-state index in [1.165, 1.54) is 5.56 Å². The molecule has 3 aromatic rings.